The number of rotatable bonds is 7. The van der Waals surface area contributed by atoms with E-state index in [0.29, 0.717) is 12.0 Å². The molecular weight excluding hydrogens is 372 g/mol. The zero-order valence-corrected chi connectivity index (χ0v) is 19.4. The first-order chi connectivity index (χ1) is 13.4. The van der Waals surface area contributed by atoms with E-state index < -0.39 is 11.3 Å². The van der Waals surface area contributed by atoms with Crippen molar-refractivity contribution in [1.29, 1.82) is 0 Å². The second-order valence-electron chi connectivity index (χ2n) is 9.74. The summed E-state index contributed by atoms with van der Waals surface area (Å²) in [7, 11) is 3.50. The third-order valence-electron chi connectivity index (χ3n) is 5.64. The number of carbonyl (C=O) groups is 1. The molecule has 0 spiro atoms. The van der Waals surface area contributed by atoms with Crippen LogP contribution in [0.3, 0.4) is 0 Å². The maximum absolute atomic E-state index is 12.9. The Kier molecular flexibility index (Phi) is 7.43. The Hall–Kier alpha value is -1.54. The van der Waals surface area contributed by atoms with Gasteiger partial charge >= 0.3 is 6.09 Å². The molecule has 29 heavy (non-hydrogen) atoms. The van der Waals surface area contributed by atoms with E-state index in [-0.39, 0.29) is 18.2 Å². The molecule has 1 aliphatic carbocycles. The maximum Gasteiger partial charge on any atom is 0.412 e. The summed E-state index contributed by atoms with van der Waals surface area (Å²) >= 11 is 0. The molecule has 168 valence electrons. The van der Waals surface area contributed by atoms with Crippen LogP contribution in [0, 0.1) is 5.41 Å². The number of amides is 1. The van der Waals surface area contributed by atoms with Crippen LogP contribution < -0.4 is 10.6 Å². The molecule has 1 amide bonds. The normalized spacial score (nSPS) is 25.7. The van der Waals surface area contributed by atoms with Crippen molar-refractivity contribution in [2.45, 2.75) is 84.3 Å². The fourth-order valence-corrected chi connectivity index (χ4v) is 3.83. The number of carbonyl (C=O) groups excluding carboxylic acids is 1. The molecule has 0 radical (unpaired) electrons. The van der Waals surface area contributed by atoms with E-state index in [0.717, 1.165) is 25.5 Å². The van der Waals surface area contributed by atoms with Crippen molar-refractivity contribution in [1.82, 2.24) is 15.5 Å². The van der Waals surface area contributed by atoms with Gasteiger partial charge < -0.3 is 24.8 Å². The van der Waals surface area contributed by atoms with Crippen molar-refractivity contribution in [2.24, 2.45) is 10.4 Å². The van der Waals surface area contributed by atoms with Gasteiger partial charge in [-0.15, -0.1) is 0 Å². The summed E-state index contributed by atoms with van der Waals surface area (Å²) in [6.45, 7) is 13.6. The van der Waals surface area contributed by atoms with E-state index in [1.165, 1.54) is 12.8 Å². The van der Waals surface area contributed by atoms with Crippen LogP contribution in [0.5, 0.6) is 0 Å². The smallest absolute Gasteiger partial charge is 0.412 e. The van der Waals surface area contributed by atoms with Gasteiger partial charge in [-0.1, -0.05) is 0 Å². The van der Waals surface area contributed by atoms with Crippen LogP contribution in [0.4, 0.5) is 4.79 Å². The van der Waals surface area contributed by atoms with Gasteiger partial charge in [0, 0.05) is 33.9 Å². The first-order valence-electron chi connectivity index (χ1n) is 10.6. The molecule has 2 fully saturated rings. The van der Waals surface area contributed by atoms with Crippen LogP contribution in [-0.4, -0.2) is 74.3 Å². The lowest BCUT2D eigenvalue weighted by atomic mass is 10.0. The number of hydrogen-bond donors (Lipinski definition) is 2. The van der Waals surface area contributed by atoms with E-state index in [1.54, 1.807) is 19.1 Å². The fourth-order valence-electron chi connectivity index (χ4n) is 3.83. The number of nitrogens with one attached hydrogen (secondary N) is 2. The molecule has 8 nitrogen and oxygen atoms in total. The van der Waals surface area contributed by atoms with Gasteiger partial charge in [0.15, 0.2) is 5.96 Å². The van der Waals surface area contributed by atoms with E-state index in [1.807, 2.05) is 41.5 Å². The van der Waals surface area contributed by atoms with Crippen LogP contribution in [0.1, 0.15) is 60.8 Å². The molecule has 0 aromatic rings. The van der Waals surface area contributed by atoms with Crippen molar-refractivity contribution < 1.29 is 19.0 Å². The second-order valence-corrected chi connectivity index (χ2v) is 9.74. The Balaban J connectivity index is 1.96. The van der Waals surface area contributed by atoms with Gasteiger partial charge in [-0.3, -0.25) is 9.89 Å². The van der Waals surface area contributed by atoms with E-state index in [2.05, 4.69) is 15.6 Å². The van der Waals surface area contributed by atoms with Gasteiger partial charge in [-0.2, -0.15) is 0 Å². The zero-order chi connectivity index (χ0) is 21.9. The summed E-state index contributed by atoms with van der Waals surface area (Å²) < 4.78 is 16.9. The average molecular weight is 413 g/mol. The monoisotopic (exact) mass is 412 g/mol. The van der Waals surface area contributed by atoms with Gasteiger partial charge in [0.25, 0.3) is 0 Å². The first kappa shape index (κ1) is 23.7. The quantitative estimate of drug-likeness (QED) is 0.494. The van der Waals surface area contributed by atoms with Crippen molar-refractivity contribution in [3.05, 3.63) is 0 Å². The molecule has 1 saturated carbocycles. The van der Waals surface area contributed by atoms with E-state index in [4.69, 9.17) is 14.2 Å². The Morgan fingerprint density at radius 3 is 2.45 bits per heavy atom. The predicted molar refractivity (Wildman–Crippen MR) is 114 cm³/mol. The summed E-state index contributed by atoms with van der Waals surface area (Å²) in [5.74, 6) is 0.731. The number of aliphatic imine (C=N–C) groups is 1. The van der Waals surface area contributed by atoms with Crippen molar-refractivity contribution >= 4 is 12.1 Å². The van der Waals surface area contributed by atoms with Crippen LogP contribution in [0.15, 0.2) is 4.99 Å². The highest BCUT2D eigenvalue weighted by atomic mass is 16.6. The molecule has 2 atom stereocenters. The number of hydrogen-bond acceptors (Lipinski definition) is 5. The SMILES string of the molecule is CN=C(NCC1C(C)OC(C)(C)N1C(=O)OC(C)(C)C)NCC1(CCOC)CC1. The number of guanidine groups is 1. The van der Waals surface area contributed by atoms with Crippen molar-refractivity contribution in [3.8, 4) is 0 Å². The molecule has 0 aromatic heterocycles. The average Bonchev–Trinajstić information content (AvgIpc) is 3.31. The third-order valence-corrected chi connectivity index (χ3v) is 5.64. The summed E-state index contributed by atoms with van der Waals surface area (Å²) in [5.41, 5.74) is -0.972. The lowest BCUT2D eigenvalue weighted by molar-refractivity contribution is -0.0755. The van der Waals surface area contributed by atoms with Crippen LogP contribution in [0.25, 0.3) is 0 Å². The summed E-state index contributed by atoms with van der Waals surface area (Å²) in [6, 6.07) is -0.165. The Morgan fingerprint density at radius 2 is 1.93 bits per heavy atom. The third kappa shape index (κ3) is 6.47. The van der Waals surface area contributed by atoms with E-state index >= 15 is 0 Å². The van der Waals surface area contributed by atoms with Crippen LogP contribution in [0.2, 0.25) is 0 Å². The summed E-state index contributed by atoms with van der Waals surface area (Å²) in [6.07, 6.45) is 3.00. The van der Waals surface area contributed by atoms with Crippen LogP contribution in [-0.2, 0) is 14.2 Å². The standard InChI is InChI=1S/C21H40N4O4/c1-15-16(25(20(5,6)28-15)18(26)29-19(2,3)4)13-23-17(22-7)24-14-21(9-10-21)11-12-27-8/h15-16H,9-14H2,1-8H3,(H2,22,23,24). The van der Waals surface area contributed by atoms with Gasteiger partial charge in [0.2, 0.25) is 0 Å². The Morgan fingerprint density at radius 1 is 1.28 bits per heavy atom. The molecule has 1 heterocycles. The Bertz CT molecular complexity index is 596. The second kappa shape index (κ2) is 9.08. The molecule has 1 aliphatic heterocycles. The zero-order valence-electron chi connectivity index (χ0n) is 19.4. The van der Waals surface area contributed by atoms with Crippen molar-refractivity contribution in [2.75, 3.05) is 33.9 Å². The number of ether oxygens (including phenoxy) is 3. The highest BCUT2D eigenvalue weighted by molar-refractivity contribution is 5.80. The summed E-state index contributed by atoms with van der Waals surface area (Å²) in [4.78, 5) is 18.9. The van der Waals surface area contributed by atoms with Gasteiger partial charge in [-0.05, 0) is 66.2 Å². The predicted octanol–water partition coefficient (Wildman–Crippen LogP) is 2.73. The number of nitrogens with zero attached hydrogens (tertiary/aromatic N) is 2. The summed E-state index contributed by atoms with van der Waals surface area (Å²) in [5, 5.41) is 6.79. The molecular formula is C21H40N4O4. The minimum Gasteiger partial charge on any atom is -0.444 e. The lowest BCUT2D eigenvalue weighted by Crippen LogP contribution is -2.54. The first-order valence-corrected chi connectivity index (χ1v) is 10.6. The molecule has 2 aliphatic rings. The Labute approximate surface area is 175 Å². The van der Waals surface area contributed by atoms with Gasteiger partial charge in [-0.25, -0.2) is 4.79 Å². The molecule has 2 rings (SSSR count). The largest absolute Gasteiger partial charge is 0.444 e. The molecule has 1 saturated heterocycles. The minimum atomic E-state index is -0.733. The minimum absolute atomic E-state index is 0.125. The van der Waals surface area contributed by atoms with Crippen molar-refractivity contribution in [3.63, 3.8) is 0 Å². The highest BCUT2D eigenvalue weighted by Gasteiger charge is 2.49. The molecule has 8 heteroatoms. The molecule has 2 N–H and O–H groups in total. The van der Waals surface area contributed by atoms with Gasteiger partial charge in [0.1, 0.15) is 11.3 Å². The van der Waals surface area contributed by atoms with Crippen LogP contribution >= 0.6 is 0 Å². The fraction of sp³-hybridized carbons (Fsp3) is 0.905. The maximum atomic E-state index is 12.9. The van der Waals surface area contributed by atoms with E-state index in [9.17, 15) is 4.79 Å². The molecule has 0 aromatic carbocycles. The lowest BCUT2D eigenvalue weighted by Gasteiger charge is -2.35. The highest BCUT2D eigenvalue weighted by Crippen LogP contribution is 2.48. The van der Waals surface area contributed by atoms with Gasteiger partial charge in [0.05, 0.1) is 12.1 Å². The molecule has 0 bridgehead atoms. The molecule has 2 unspecified atom stereocenters. The topological polar surface area (TPSA) is 84.4 Å². The number of methoxy groups -OCH3 is 1.